The highest BCUT2D eigenvalue weighted by Crippen LogP contribution is 2.32. The number of benzene rings is 1. The average Bonchev–Trinajstić information content (AvgIpc) is 2.98. The van der Waals surface area contributed by atoms with Crippen LogP contribution in [-0.4, -0.2) is 19.2 Å². The topological polar surface area (TPSA) is 50.7 Å². The van der Waals surface area contributed by atoms with E-state index in [4.69, 9.17) is 4.74 Å². The van der Waals surface area contributed by atoms with Crippen molar-refractivity contribution in [3.63, 3.8) is 0 Å². The van der Waals surface area contributed by atoms with E-state index in [-0.39, 0.29) is 5.91 Å². The van der Waals surface area contributed by atoms with Crippen molar-refractivity contribution in [3.8, 4) is 5.75 Å². The molecule has 0 saturated carbocycles. The lowest BCUT2D eigenvalue weighted by atomic mass is 9.90. The molecule has 0 unspecified atom stereocenters. The van der Waals surface area contributed by atoms with E-state index in [9.17, 15) is 4.79 Å². The molecule has 0 spiro atoms. The predicted molar refractivity (Wildman–Crippen MR) is 101 cm³/mol. The summed E-state index contributed by atoms with van der Waals surface area (Å²) in [5.41, 5.74) is 4.73. The summed E-state index contributed by atoms with van der Waals surface area (Å²) in [5, 5.41) is 4.07. The van der Waals surface area contributed by atoms with Gasteiger partial charge in [0.1, 0.15) is 5.75 Å². The van der Waals surface area contributed by atoms with Gasteiger partial charge in [0.25, 0.3) is 5.91 Å². The molecule has 4 nitrogen and oxygen atoms in total. The van der Waals surface area contributed by atoms with Crippen LogP contribution in [0.2, 0.25) is 0 Å². The Kier molecular flexibility index (Phi) is 5.36. The van der Waals surface area contributed by atoms with Crippen LogP contribution in [0.3, 0.4) is 0 Å². The molecule has 1 aromatic carbocycles. The van der Waals surface area contributed by atoms with Gasteiger partial charge in [0.2, 0.25) is 0 Å². The van der Waals surface area contributed by atoms with Gasteiger partial charge < -0.3 is 4.74 Å². The van der Waals surface area contributed by atoms with Crippen LogP contribution in [0.5, 0.6) is 5.75 Å². The zero-order valence-corrected chi connectivity index (χ0v) is 16.0. The number of nitrogens with one attached hydrogen (secondary N) is 1. The van der Waals surface area contributed by atoms with Crippen molar-refractivity contribution >= 4 is 39.4 Å². The number of rotatable bonds is 4. The molecule has 0 bridgehead atoms. The average molecular weight is 407 g/mol. The fourth-order valence-electron chi connectivity index (χ4n) is 2.84. The first-order valence-corrected chi connectivity index (χ1v) is 9.46. The van der Waals surface area contributed by atoms with Gasteiger partial charge in [-0.05, 0) is 55.0 Å². The molecule has 1 aliphatic rings. The summed E-state index contributed by atoms with van der Waals surface area (Å²) >= 11 is 5.00. The number of carbonyl (C=O) groups excluding carboxylic acids is 1. The number of ether oxygens (including phenoxy) is 1. The van der Waals surface area contributed by atoms with E-state index in [1.807, 2.05) is 24.3 Å². The minimum atomic E-state index is -0.160. The first-order valence-electron chi connectivity index (χ1n) is 7.85. The van der Waals surface area contributed by atoms with Gasteiger partial charge in [-0.1, -0.05) is 22.9 Å². The van der Waals surface area contributed by atoms with E-state index < -0.39 is 0 Å². The van der Waals surface area contributed by atoms with Crippen LogP contribution in [0.25, 0.3) is 0 Å². The molecule has 24 heavy (non-hydrogen) atoms. The number of carbonyl (C=O) groups is 1. The van der Waals surface area contributed by atoms with Gasteiger partial charge in [0, 0.05) is 14.9 Å². The molecule has 126 valence electrons. The largest absolute Gasteiger partial charge is 0.496 e. The molecule has 0 saturated heterocycles. The van der Waals surface area contributed by atoms with E-state index >= 15 is 0 Å². The zero-order valence-electron chi connectivity index (χ0n) is 13.6. The van der Waals surface area contributed by atoms with Gasteiger partial charge >= 0.3 is 0 Å². The molecule has 0 aliphatic heterocycles. The number of aryl methyl sites for hydroxylation is 1. The molecule has 1 aromatic heterocycles. The number of amides is 1. The number of hydrogen-bond donors (Lipinski definition) is 1. The van der Waals surface area contributed by atoms with Gasteiger partial charge in [-0.3, -0.25) is 4.79 Å². The highest BCUT2D eigenvalue weighted by molar-refractivity contribution is 9.10. The predicted octanol–water partition coefficient (Wildman–Crippen LogP) is 4.41. The summed E-state index contributed by atoms with van der Waals surface area (Å²) in [6.07, 6.45) is 4.94. The van der Waals surface area contributed by atoms with Crippen LogP contribution in [-0.2, 0) is 12.8 Å². The smallest absolute Gasteiger partial charge is 0.281 e. The SMILES string of the molecule is COc1ccc(Br)cc1/C=N\NC(=O)c1cc2c(s1)CC[C@H](C)C2. The highest BCUT2D eigenvalue weighted by Gasteiger charge is 2.20. The zero-order chi connectivity index (χ0) is 17.1. The van der Waals surface area contributed by atoms with Gasteiger partial charge in [0.05, 0.1) is 18.2 Å². The van der Waals surface area contributed by atoms with Gasteiger partial charge in [-0.2, -0.15) is 5.10 Å². The number of nitrogens with zero attached hydrogens (tertiary/aromatic N) is 1. The molecule has 1 atom stereocenters. The Balaban J connectivity index is 1.69. The second-order valence-corrected chi connectivity index (χ2v) is 8.04. The quantitative estimate of drug-likeness (QED) is 0.603. The van der Waals surface area contributed by atoms with E-state index in [1.165, 1.54) is 16.9 Å². The number of thiophene rings is 1. The first-order chi connectivity index (χ1) is 11.6. The minimum Gasteiger partial charge on any atom is -0.496 e. The Morgan fingerprint density at radius 3 is 3.08 bits per heavy atom. The van der Waals surface area contributed by atoms with Crippen molar-refractivity contribution in [1.29, 1.82) is 0 Å². The van der Waals surface area contributed by atoms with Gasteiger partial charge in [0.15, 0.2) is 0 Å². The Morgan fingerprint density at radius 2 is 2.29 bits per heavy atom. The summed E-state index contributed by atoms with van der Waals surface area (Å²) in [7, 11) is 1.61. The van der Waals surface area contributed by atoms with Crippen molar-refractivity contribution in [1.82, 2.24) is 5.43 Å². The number of hydrogen-bond acceptors (Lipinski definition) is 4. The molecular formula is C18H19BrN2O2S. The molecular weight excluding hydrogens is 388 g/mol. The highest BCUT2D eigenvalue weighted by atomic mass is 79.9. The molecule has 0 fully saturated rings. The summed E-state index contributed by atoms with van der Waals surface area (Å²) in [4.78, 5) is 14.4. The van der Waals surface area contributed by atoms with E-state index in [1.54, 1.807) is 24.7 Å². The maximum atomic E-state index is 12.3. The second-order valence-electron chi connectivity index (χ2n) is 5.99. The standard InChI is InChI=1S/C18H19BrN2O2S/c1-11-3-6-16-12(7-11)9-17(24-16)18(22)21-20-10-13-8-14(19)4-5-15(13)23-2/h4-5,8-11H,3,6-7H2,1-2H3,(H,21,22)/b20-10-/t11-/m0/s1. The van der Waals surface area contributed by atoms with E-state index in [0.717, 1.165) is 27.8 Å². The van der Waals surface area contributed by atoms with E-state index in [2.05, 4.69) is 33.4 Å². The Bertz CT molecular complexity index is 785. The van der Waals surface area contributed by atoms with Crippen molar-refractivity contribution < 1.29 is 9.53 Å². The lowest BCUT2D eigenvalue weighted by Crippen LogP contribution is -2.16. The number of hydrazone groups is 1. The third-order valence-corrected chi connectivity index (χ3v) is 5.84. The minimum absolute atomic E-state index is 0.160. The molecule has 2 aromatic rings. The third-order valence-electron chi connectivity index (χ3n) is 4.11. The number of halogens is 1. The molecule has 1 N–H and O–H groups in total. The first kappa shape index (κ1) is 17.2. The fraction of sp³-hybridized carbons (Fsp3) is 0.333. The summed E-state index contributed by atoms with van der Waals surface area (Å²) in [6.45, 7) is 2.26. The number of methoxy groups -OCH3 is 1. The monoisotopic (exact) mass is 406 g/mol. The molecule has 1 aliphatic carbocycles. The lowest BCUT2D eigenvalue weighted by molar-refractivity contribution is 0.0959. The van der Waals surface area contributed by atoms with Crippen LogP contribution in [0.1, 0.15) is 39.0 Å². The lowest BCUT2D eigenvalue weighted by Gasteiger charge is -2.16. The Hall–Kier alpha value is -1.66. The molecule has 3 rings (SSSR count). The number of fused-ring (bicyclic) bond motifs is 1. The van der Waals surface area contributed by atoms with Gasteiger partial charge in [-0.25, -0.2) is 5.43 Å². The summed E-state index contributed by atoms with van der Waals surface area (Å²) in [6, 6.07) is 7.65. The van der Waals surface area contributed by atoms with Crippen LogP contribution in [0.4, 0.5) is 0 Å². The third kappa shape index (κ3) is 3.87. The Labute approximate surface area is 154 Å². The molecule has 6 heteroatoms. The van der Waals surface area contributed by atoms with Crippen molar-refractivity contribution in [2.45, 2.75) is 26.2 Å². The van der Waals surface area contributed by atoms with Crippen molar-refractivity contribution in [2.75, 3.05) is 7.11 Å². The maximum Gasteiger partial charge on any atom is 0.281 e. The fourth-order valence-corrected chi connectivity index (χ4v) is 4.32. The second kappa shape index (κ2) is 7.49. The van der Waals surface area contributed by atoms with Crippen molar-refractivity contribution in [3.05, 3.63) is 49.6 Å². The Morgan fingerprint density at radius 1 is 1.46 bits per heavy atom. The van der Waals surface area contributed by atoms with Gasteiger partial charge in [-0.15, -0.1) is 11.3 Å². The van der Waals surface area contributed by atoms with Crippen LogP contribution in [0.15, 0.2) is 33.8 Å². The van der Waals surface area contributed by atoms with Crippen LogP contribution >= 0.6 is 27.3 Å². The van der Waals surface area contributed by atoms with Crippen molar-refractivity contribution in [2.24, 2.45) is 11.0 Å². The maximum absolute atomic E-state index is 12.3. The summed E-state index contributed by atoms with van der Waals surface area (Å²) < 4.78 is 6.21. The molecule has 1 heterocycles. The normalized spacial score (nSPS) is 16.9. The van der Waals surface area contributed by atoms with E-state index in [0.29, 0.717) is 11.7 Å². The summed E-state index contributed by atoms with van der Waals surface area (Å²) in [5.74, 6) is 1.24. The van der Waals surface area contributed by atoms with Crippen LogP contribution in [0, 0.1) is 5.92 Å². The molecule has 1 amide bonds. The molecule has 0 radical (unpaired) electrons. The van der Waals surface area contributed by atoms with Crippen LogP contribution < -0.4 is 10.2 Å².